The Morgan fingerprint density at radius 1 is 1.21 bits per heavy atom. The van der Waals surface area contributed by atoms with Crippen molar-refractivity contribution < 1.29 is 9.59 Å². The summed E-state index contributed by atoms with van der Waals surface area (Å²) in [4.78, 5) is 26.1. The van der Waals surface area contributed by atoms with Crippen LogP contribution in [0.4, 0.5) is 0 Å². The molecule has 0 aliphatic heterocycles. The highest BCUT2D eigenvalue weighted by atomic mass is 32.2. The molecule has 0 saturated heterocycles. The van der Waals surface area contributed by atoms with Crippen molar-refractivity contribution in [2.24, 2.45) is 12.8 Å². The highest BCUT2D eigenvalue weighted by Crippen LogP contribution is 2.27. The van der Waals surface area contributed by atoms with Gasteiger partial charge in [-0.25, -0.2) is 0 Å². The molecule has 7 nitrogen and oxygen atoms in total. The summed E-state index contributed by atoms with van der Waals surface area (Å²) in [6.07, 6.45) is 0.657. The zero-order chi connectivity index (χ0) is 20.9. The molecule has 152 valence electrons. The molecule has 0 aliphatic carbocycles. The quantitative estimate of drug-likeness (QED) is 0.684. The van der Waals surface area contributed by atoms with E-state index in [9.17, 15) is 9.59 Å². The summed E-state index contributed by atoms with van der Waals surface area (Å²) in [5, 5.41) is 8.62. The maximum absolute atomic E-state index is 13.2. The first-order valence-electron chi connectivity index (χ1n) is 9.28. The summed E-state index contributed by atoms with van der Waals surface area (Å²) in [5.41, 5.74) is 5.98. The number of nitrogens with zero attached hydrogens (tertiary/aromatic N) is 4. The number of primary amides is 1. The second kappa shape index (κ2) is 9.23. The Hall–Kier alpha value is -2.35. The molecule has 1 atom stereocenters. The van der Waals surface area contributed by atoms with Crippen molar-refractivity contribution in [1.29, 1.82) is 0 Å². The second-order valence-corrected chi connectivity index (χ2v) is 9.07. The van der Waals surface area contributed by atoms with Crippen molar-refractivity contribution in [3.8, 4) is 0 Å². The lowest BCUT2D eigenvalue weighted by atomic mass is 10.0. The zero-order valence-electron chi connectivity index (χ0n) is 17.2. The first-order chi connectivity index (χ1) is 13.1. The minimum absolute atomic E-state index is 0.0445. The van der Waals surface area contributed by atoms with E-state index in [2.05, 4.69) is 10.2 Å². The fourth-order valence-electron chi connectivity index (χ4n) is 2.74. The molecule has 0 bridgehead atoms. The molecule has 8 heteroatoms. The third kappa shape index (κ3) is 5.82. The zero-order valence-corrected chi connectivity index (χ0v) is 18.0. The molecule has 2 amide bonds. The van der Waals surface area contributed by atoms with Crippen LogP contribution in [-0.4, -0.2) is 42.3 Å². The Balaban J connectivity index is 2.11. The minimum atomic E-state index is -0.373. The summed E-state index contributed by atoms with van der Waals surface area (Å²) in [7, 11) is 1.83. The van der Waals surface area contributed by atoms with Crippen LogP contribution in [0.1, 0.15) is 45.5 Å². The van der Waals surface area contributed by atoms with Gasteiger partial charge in [-0.1, -0.05) is 42.1 Å². The number of benzene rings is 1. The van der Waals surface area contributed by atoms with Crippen molar-refractivity contribution in [2.75, 3.05) is 0 Å². The van der Waals surface area contributed by atoms with Gasteiger partial charge in [0.1, 0.15) is 5.82 Å². The molecule has 28 heavy (non-hydrogen) atoms. The summed E-state index contributed by atoms with van der Waals surface area (Å²) in [5.74, 6) is 0.350. The van der Waals surface area contributed by atoms with Crippen LogP contribution in [0.5, 0.6) is 0 Å². The van der Waals surface area contributed by atoms with Crippen LogP contribution in [-0.2, 0) is 29.6 Å². The average Bonchev–Trinajstić information content (AvgIpc) is 2.97. The fraction of sp³-hybridized carbons (Fsp3) is 0.500. The van der Waals surface area contributed by atoms with E-state index in [0.29, 0.717) is 23.9 Å². The summed E-state index contributed by atoms with van der Waals surface area (Å²) < 4.78 is 1.82. The maximum atomic E-state index is 13.2. The molecule has 0 radical (unpaired) electrons. The van der Waals surface area contributed by atoms with Crippen LogP contribution in [0, 0.1) is 0 Å². The van der Waals surface area contributed by atoms with Crippen LogP contribution < -0.4 is 5.73 Å². The molecule has 0 fully saturated rings. The van der Waals surface area contributed by atoms with Crippen LogP contribution in [0.25, 0.3) is 0 Å². The van der Waals surface area contributed by atoms with Crippen molar-refractivity contribution in [3.63, 3.8) is 0 Å². The molecule has 2 N–H and O–H groups in total. The number of carbonyl (C=O) groups excluding carboxylic acids is 2. The van der Waals surface area contributed by atoms with E-state index in [-0.39, 0.29) is 29.0 Å². The van der Waals surface area contributed by atoms with Crippen LogP contribution in [0.3, 0.4) is 0 Å². The Kier molecular flexibility index (Phi) is 7.23. The summed E-state index contributed by atoms with van der Waals surface area (Å²) in [6.45, 7) is 8.55. The van der Waals surface area contributed by atoms with Gasteiger partial charge in [-0.2, -0.15) is 0 Å². The van der Waals surface area contributed by atoms with Gasteiger partial charge >= 0.3 is 0 Å². The molecular weight excluding hydrogens is 374 g/mol. The summed E-state index contributed by atoms with van der Waals surface area (Å²) >= 11 is 1.37. The van der Waals surface area contributed by atoms with Crippen LogP contribution in [0.15, 0.2) is 35.5 Å². The Morgan fingerprint density at radius 2 is 1.86 bits per heavy atom. The van der Waals surface area contributed by atoms with Gasteiger partial charge in [0.25, 0.3) is 0 Å². The number of aryl methyl sites for hydroxylation is 1. The lowest BCUT2D eigenvalue weighted by molar-refractivity contribution is -0.135. The molecule has 1 heterocycles. The molecule has 0 aliphatic rings. The average molecular weight is 404 g/mol. The predicted octanol–water partition coefficient (Wildman–Crippen LogP) is 2.54. The lowest BCUT2D eigenvalue weighted by Gasteiger charge is -2.37. The fourth-order valence-corrected chi connectivity index (χ4v) is 3.64. The molecule has 0 unspecified atom stereocenters. The number of hydrogen-bond donors (Lipinski definition) is 1. The third-order valence-electron chi connectivity index (χ3n) is 4.41. The smallest absolute Gasteiger partial charge is 0.236 e. The molecule has 0 spiro atoms. The van der Waals surface area contributed by atoms with E-state index in [1.165, 1.54) is 11.8 Å². The Morgan fingerprint density at radius 3 is 2.43 bits per heavy atom. The first kappa shape index (κ1) is 21.9. The van der Waals surface area contributed by atoms with E-state index in [0.717, 1.165) is 5.56 Å². The highest BCUT2D eigenvalue weighted by Gasteiger charge is 2.31. The second-order valence-electron chi connectivity index (χ2n) is 7.77. The van der Waals surface area contributed by atoms with Crippen molar-refractivity contribution in [3.05, 3.63) is 41.7 Å². The Labute approximate surface area is 170 Å². The van der Waals surface area contributed by atoms with Crippen molar-refractivity contribution >= 4 is 23.6 Å². The normalized spacial score (nSPS) is 12.6. The number of rotatable bonds is 8. The lowest BCUT2D eigenvalue weighted by Crippen LogP contribution is -2.48. The van der Waals surface area contributed by atoms with E-state index in [1.54, 1.807) is 0 Å². The van der Waals surface area contributed by atoms with E-state index in [1.807, 2.05) is 74.5 Å². The number of thioether (sulfide) groups is 1. The molecule has 0 saturated carbocycles. The Bertz CT molecular complexity index is 814. The minimum Gasteiger partial charge on any atom is -0.370 e. The predicted molar refractivity (Wildman–Crippen MR) is 111 cm³/mol. The monoisotopic (exact) mass is 403 g/mol. The third-order valence-corrected chi connectivity index (χ3v) is 5.53. The largest absolute Gasteiger partial charge is 0.370 e. The number of hydrogen-bond acceptors (Lipinski definition) is 5. The van der Waals surface area contributed by atoms with Gasteiger partial charge in [0.05, 0.1) is 5.25 Å². The summed E-state index contributed by atoms with van der Waals surface area (Å²) in [6, 6.07) is 9.97. The number of nitrogens with two attached hydrogens (primary N) is 1. The topological polar surface area (TPSA) is 94.1 Å². The maximum Gasteiger partial charge on any atom is 0.236 e. The van der Waals surface area contributed by atoms with Gasteiger partial charge in [-0.3, -0.25) is 9.59 Å². The van der Waals surface area contributed by atoms with Gasteiger partial charge < -0.3 is 15.2 Å². The molecule has 2 aromatic rings. The first-order valence-corrected chi connectivity index (χ1v) is 10.2. The van der Waals surface area contributed by atoms with Gasteiger partial charge in [0.15, 0.2) is 5.16 Å². The molecule has 2 rings (SSSR count). The van der Waals surface area contributed by atoms with Gasteiger partial charge in [0, 0.05) is 32.0 Å². The number of aromatic nitrogens is 3. The molecule has 1 aromatic heterocycles. The molecule has 1 aromatic carbocycles. The highest BCUT2D eigenvalue weighted by molar-refractivity contribution is 8.00. The van der Waals surface area contributed by atoms with Gasteiger partial charge in [-0.15, -0.1) is 10.2 Å². The van der Waals surface area contributed by atoms with Crippen molar-refractivity contribution in [2.45, 2.75) is 63.0 Å². The van der Waals surface area contributed by atoms with Crippen LogP contribution >= 0.6 is 11.8 Å². The molecular formula is C20H29N5O2S. The number of amides is 2. The van der Waals surface area contributed by atoms with E-state index >= 15 is 0 Å². The SMILES string of the molecule is C[C@@H](Sc1nnc(CCC(N)=O)n1C)C(=O)N(Cc1ccccc1)C(C)(C)C. The van der Waals surface area contributed by atoms with Crippen LogP contribution in [0.2, 0.25) is 0 Å². The van der Waals surface area contributed by atoms with E-state index < -0.39 is 0 Å². The van der Waals surface area contributed by atoms with Gasteiger partial charge in [-0.05, 0) is 33.3 Å². The van der Waals surface area contributed by atoms with Crippen molar-refractivity contribution in [1.82, 2.24) is 19.7 Å². The standard InChI is InChI=1S/C20H29N5O2S/c1-14(28-19-23-22-17(24(19)5)12-11-16(21)26)18(27)25(20(2,3)4)13-15-9-7-6-8-10-15/h6-10,14H,11-13H2,1-5H3,(H2,21,26)/t14-/m1/s1. The number of carbonyl (C=O) groups is 2. The van der Waals surface area contributed by atoms with Gasteiger partial charge in [0.2, 0.25) is 11.8 Å². The van der Waals surface area contributed by atoms with E-state index in [4.69, 9.17) is 5.73 Å².